The second kappa shape index (κ2) is 9.82. The fraction of sp³-hybridized carbons (Fsp3) is 0.182. The highest BCUT2D eigenvalue weighted by Gasteiger charge is 2.04. The molecular weight excluding hydrogens is 372 g/mol. The van der Waals surface area contributed by atoms with Gasteiger partial charge in [0.2, 0.25) is 5.91 Å². The van der Waals surface area contributed by atoms with E-state index in [1.54, 1.807) is 24.5 Å². The summed E-state index contributed by atoms with van der Waals surface area (Å²) in [4.78, 5) is 16.6. The number of rotatable bonds is 8. The number of aryl methyl sites for hydroxylation is 1. The summed E-state index contributed by atoms with van der Waals surface area (Å²) in [6.07, 6.45) is 3.28. The molecule has 1 heterocycles. The fourth-order valence-electron chi connectivity index (χ4n) is 2.58. The standard InChI is InChI=1S/C22H22N2O3S/c1-16-23-19(15-28-16)14-27-20-10-7-17(8-11-20)9-12-22(25)24-21-6-4-3-5-18(21)13-26-2/h3-12,15H,13-14H2,1-2H3,(H,24,25). The van der Waals surface area contributed by atoms with Crippen molar-refractivity contribution in [1.82, 2.24) is 4.98 Å². The molecule has 0 radical (unpaired) electrons. The van der Waals surface area contributed by atoms with Crippen LogP contribution in [0.4, 0.5) is 5.69 Å². The van der Waals surface area contributed by atoms with E-state index in [1.807, 2.05) is 60.8 Å². The summed E-state index contributed by atoms with van der Waals surface area (Å²) >= 11 is 1.61. The van der Waals surface area contributed by atoms with Gasteiger partial charge in [0.1, 0.15) is 12.4 Å². The summed E-state index contributed by atoms with van der Waals surface area (Å²) < 4.78 is 10.9. The Bertz CT molecular complexity index is 948. The first-order chi connectivity index (χ1) is 13.6. The minimum absolute atomic E-state index is 0.192. The molecule has 0 saturated carbocycles. The van der Waals surface area contributed by atoms with Crippen LogP contribution in [0.25, 0.3) is 6.08 Å². The zero-order chi connectivity index (χ0) is 19.8. The molecule has 0 fully saturated rings. The zero-order valence-electron chi connectivity index (χ0n) is 15.8. The lowest BCUT2D eigenvalue weighted by molar-refractivity contribution is -0.111. The van der Waals surface area contributed by atoms with Crippen molar-refractivity contribution in [1.29, 1.82) is 0 Å². The van der Waals surface area contributed by atoms with Crippen LogP contribution in [0.15, 0.2) is 60.0 Å². The highest BCUT2D eigenvalue weighted by atomic mass is 32.1. The number of anilines is 1. The Kier molecular flexibility index (Phi) is 6.94. The van der Waals surface area contributed by atoms with E-state index in [0.717, 1.165) is 33.3 Å². The van der Waals surface area contributed by atoms with E-state index in [2.05, 4.69) is 10.3 Å². The molecule has 0 aliphatic heterocycles. The molecule has 0 spiro atoms. The van der Waals surface area contributed by atoms with Crippen molar-refractivity contribution in [3.05, 3.63) is 81.8 Å². The molecule has 0 bridgehead atoms. The Morgan fingerprint density at radius 2 is 1.93 bits per heavy atom. The Balaban J connectivity index is 1.54. The van der Waals surface area contributed by atoms with Crippen LogP contribution in [0.2, 0.25) is 0 Å². The molecule has 0 atom stereocenters. The lowest BCUT2D eigenvalue weighted by atomic mass is 10.2. The van der Waals surface area contributed by atoms with Gasteiger partial charge >= 0.3 is 0 Å². The van der Waals surface area contributed by atoms with Crippen LogP contribution in [0, 0.1) is 6.92 Å². The second-order valence-electron chi connectivity index (χ2n) is 6.13. The van der Waals surface area contributed by atoms with Gasteiger partial charge in [0.05, 0.1) is 17.3 Å². The van der Waals surface area contributed by atoms with Crippen LogP contribution >= 0.6 is 11.3 Å². The van der Waals surface area contributed by atoms with E-state index in [-0.39, 0.29) is 5.91 Å². The molecule has 0 unspecified atom stereocenters. The lowest BCUT2D eigenvalue weighted by Crippen LogP contribution is -2.10. The quantitative estimate of drug-likeness (QED) is 0.556. The largest absolute Gasteiger partial charge is 0.487 e. The first-order valence-corrected chi connectivity index (χ1v) is 9.72. The lowest BCUT2D eigenvalue weighted by Gasteiger charge is -2.08. The maximum Gasteiger partial charge on any atom is 0.248 e. The molecule has 144 valence electrons. The summed E-state index contributed by atoms with van der Waals surface area (Å²) in [6.45, 7) is 2.87. The number of hydrogen-bond donors (Lipinski definition) is 1. The van der Waals surface area contributed by atoms with Crippen LogP contribution < -0.4 is 10.1 Å². The van der Waals surface area contributed by atoms with Crippen LogP contribution in [0.5, 0.6) is 5.75 Å². The number of hydrogen-bond acceptors (Lipinski definition) is 5. The van der Waals surface area contributed by atoms with Crippen molar-refractivity contribution < 1.29 is 14.3 Å². The molecule has 0 aliphatic rings. The van der Waals surface area contributed by atoms with Gasteiger partial charge in [0, 0.05) is 29.8 Å². The molecular formula is C22H22N2O3S. The molecule has 1 N–H and O–H groups in total. The number of nitrogens with one attached hydrogen (secondary N) is 1. The average Bonchev–Trinajstić information content (AvgIpc) is 3.12. The van der Waals surface area contributed by atoms with Crippen LogP contribution in [-0.2, 0) is 22.7 Å². The van der Waals surface area contributed by atoms with Crippen LogP contribution in [0.1, 0.15) is 21.8 Å². The third-order valence-electron chi connectivity index (χ3n) is 3.94. The highest BCUT2D eigenvalue weighted by molar-refractivity contribution is 7.09. The third kappa shape index (κ3) is 5.77. The average molecular weight is 394 g/mol. The van der Waals surface area contributed by atoms with E-state index >= 15 is 0 Å². The Labute approximate surface area is 168 Å². The number of benzene rings is 2. The highest BCUT2D eigenvalue weighted by Crippen LogP contribution is 2.18. The smallest absolute Gasteiger partial charge is 0.248 e. The van der Waals surface area contributed by atoms with Gasteiger partial charge in [-0.2, -0.15) is 0 Å². The topological polar surface area (TPSA) is 60.5 Å². The second-order valence-corrected chi connectivity index (χ2v) is 7.19. The SMILES string of the molecule is COCc1ccccc1NC(=O)C=Cc1ccc(OCc2csc(C)n2)cc1. The summed E-state index contributed by atoms with van der Waals surface area (Å²) in [5.41, 5.74) is 3.53. The molecule has 5 nitrogen and oxygen atoms in total. The normalized spacial score (nSPS) is 10.9. The van der Waals surface area contributed by atoms with Crippen LogP contribution in [-0.4, -0.2) is 18.0 Å². The molecule has 0 saturated heterocycles. The number of thiazole rings is 1. The first kappa shape index (κ1) is 19.8. The number of aromatic nitrogens is 1. The van der Waals surface area contributed by atoms with Crippen molar-refractivity contribution >= 4 is 29.0 Å². The summed E-state index contributed by atoms with van der Waals surface area (Å²) in [5, 5.41) is 5.91. The van der Waals surface area contributed by atoms with Crippen molar-refractivity contribution in [2.24, 2.45) is 0 Å². The molecule has 3 rings (SSSR count). The van der Waals surface area contributed by atoms with E-state index in [0.29, 0.717) is 13.2 Å². The maximum atomic E-state index is 12.2. The molecule has 3 aromatic rings. The predicted molar refractivity (Wildman–Crippen MR) is 112 cm³/mol. The molecule has 6 heteroatoms. The van der Waals surface area contributed by atoms with Gasteiger partial charge in [-0.25, -0.2) is 4.98 Å². The van der Waals surface area contributed by atoms with Crippen molar-refractivity contribution in [2.75, 3.05) is 12.4 Å². The van der Waals surface area contributed by atoms with Gasteiger partial charge in [-0.15, -0.1) is 11.3 Å². The van der Waals surface area contributed by atoms with E-state index < -0.39 is 0 Å². The van der Waals surface area contributed by atoms with Gasteiger partial charge in [-0.1, -0.05) is 30.3 Å². The number of amides is 1. The predicted octanol–water partition coefficient (Wildman–Crippen LogP) is 4.83. The third-order valence-corrected chi connectivity index (χ3v) is 4.76. The van der Waals surface area contributed by atoms with Crippen molar-refractivity contribution in [3.8, 4) is 5.75 Å². The Morgan fingerprint density at radius 1 is 1.14 bits per heavy atom. The monoisotopic (exact) mass is 394 g/mol. The maximum absolute atomic E-state index is 12.2. The van der Waals surface area contributed by atoms with Gasteiger partial charge in [0.25, 0.3) is 0 Å². The summed E-state index contributed by atoms with van der Waals surface area (Å²) in [5.74, 6) is 0.573. The summed E-state index contributed by atoms with van der Waals surface area (Å²) in [6, 6.07) is 15.2. The van der Waals surface area contributed by atoms with Crippen molar-refractivity contribution in [3.63, 3.8) is 0 Å². The zero-order valence-corrected chi connectivity index (χ0v) is 16.7. The van der Waals surface area contributed by atoms with Crippen molar-refractivity contribution in [2.45, 2.75) is 20.1 Å². The number of carbonyl (C=O) groups is 1. The van der Waals surface area contributed by atoms with Gasteiger partial charge in [-0.05, 0) is 36.8 Å². The minimum Gasteiger partial charge on any atom is -0.487 e. The first-order valence-electron chi connectivity index (χ1n) is 8.84. The minimum atomic E-state index is -0.192. The fourth-order valence-corrected chi connectivity index (χ4v) is 3.17. The number of methoxy groups -OCH3 is 1. The number of ether oxygens (including phenoxy) is 2. The van der Waals surface area contributed by atoms with E-state index in [1.165, 1.54) is 6.08 Å². The van der Waals surface area contributed by atoms with E-state index in [4.69, 9.17) is 9.47 Å². The number of carbonyl (C=O) groups excluding carboxylic acids is 1. The van der Waals surface area contributed by atoms with Gasteiger partial charge in [-0.3, -0.25) is 4.79 Å². The summed E-state index contributed by atoms with van der Waals surface area (Å²) in [7, 11) is 1.63. The van der Waals surface area contributed by atoms with E-state index in [9.17, 15) is 4.79 Å². The molecule has 1 aromatic heterocycles. The molecule has 2 aromatic carbocycles. The van der Waals surface area contributed by atoms with Gasteiger partial charge in [0.15, 0.2) is 0 Å². The number of nitrogens with zero attached hydrogens (tertiary/aromatic N) is 1. The Morgan fingerprint density at radius 3 is 2.64 bits per heavy atom. The number of para-hydroxylation sites is 1. The Hall–Kier alpha value is -2.96. The van der Waals surface area contributed by atoms with Gasteiger partial charge < -0.3 is 14.8 Å². The molecule has 1 amide bonds. The van der Waals surface area contributed by atoms with Crippen LogP contribution in [0.3, 0.4) is 0 Å². The molecule has 0 aliphatic carbocycles. The molecule has 28 heavy (non-hydrogen) atoms.